The van der Waals surface area contributed by atoms with Crippen molar-refractivity contribution < 1.29 is 9.53 Å². The summed E-state index contributed by atoms with van der Waals surface area (Å²) in [6, 6.07) is 0. The molecule has 0 radical (unpaired) electrons. The number of carbonyl (C=O) groups excluding carboxylic acids is 1. The summed E-state index contributed by atoms with van der Waals surface area (Å²) >= 11 is 2.04. The highest BCUT2D eigenvalue weighted by atomic mass is 32.2. The van der Waals surface area contributed by atoms with Crippen LogP contribution >= 0.6 is 11.8 Å². The molecule has 0 aromatic carbocycles. The molecular weight excluding hydrogens is 236 g/mol. The van der Waals surface area contributed by atoms with Gasteiger partial charge >= 0.3 is 0 Å². The lowest BCUT2D eigenvalue weighted by molar-refractivity contribution is -0.135. The number of amides is 1. The molecule has 2 rings (SSSR count). The Kier molecular flexibility index (Phi) is 5.61. The van der Waals surface area contributed by atoms with Gasteiger partial charge < -0.3 is 15.0 Å². The highest BCUT2D eigenvalue weighted by Crippen LogP contribution is 2.22. The zero-order valence-corrected chi connectivity index (χ0v) is 11.1. The van der Waals surface area contributed by atoms with Crippen molar-refractivity contribution >= 4 is 17.7 Å². The monoisotopic (exact) mass is 258 g/mol. The Hall–Kier alpha value is -0.260. The van der Waals surface area contributed by atoms with Crippen molar-refractivity contribution in [3.05, 3.63) is 0 Å². The van der Waals surface area contributed by atoms with E-state index >= 15 is 0 Å². The summed E-state index contributed by atoms with van der Waals surface area (Å²) in [5, 5.41) is 3.41. The highest BCUT2D eigenvalue weighted by molar-refractivity contribution is 7.99. The minimum Gasteiger partial charge on any atom is -0.378 e. The van der Waals surface area contributed by atoms with E-state index in [1.54, 1.807) is 0 Å². The fourth-order valence-corrected chi connectivity index (χ4v) is 3.50. The van der Waals surface area contributed by atoms with Crippen LogP contribution in [-0.4, -0.2) is 61.7 Å². The van der Waals surface area contributed by atoms with E-state index < -0.39 is 0 Å². The summed E-state index contributed by atoms with van der Waals surface area (Å²) in [6.45, 7) is 4.80. The molecule has 5 heteroatoms. The molecule has 2 heterocycles. The minimum absolute atomic E-state index is 0.265. The van der Waals surface area contributed by atoms with Gasteiger partial charge in [0.1, 0.15) is 0 Å². The Morgan fingerprint density at radius 3 is 2.94 bits per heavy atom. The average Bonchev–Trinajstić information content (AvgIpc) is 2.88. The Balaban J connectivity index is 1.53. The number of hydrogen-bond donors (Lipinski definition) is 1. The van der Waals surface area contributed by atoms with Gasteiger partial charge in [-0.25, -0.2) is 0 Å². The summed E-state index contributed by atoms with van der Waals surface area (Å²) < 4.78 is 5.23. The first-order valence-electron chi connectivity index (χ1n) is 6.50. The van der Waals surface area contributed by atoms with Crippen molar-refractivity contribution in [2.24, 2.45) is 5.92 Å². The number of thioether (sulfide) groups is 1. The maximum absolute atomic E-state index is 11.8. The molecule has 2 fully saturated rings. The molecule has 0 aromatic rings. The van der Waals surface area contributed by atoms with Crippen molar-refractivity contribution in [2.75, 3.05) is 50.9 Å². The van der Waals surface area contributed by atoms with Crippen LogP contribution in [0.1, 0.15) is 12.8 Å². The summed E-state index contributed by atoms with van der Waals surface area (Å²) in [7, 11) is 0. The first-order valence-corrected chi connectivity index (χ1v) is 7.65. The van der Waals surface area contributed by atoms with Gasteiger partial charge in [-0.3, -0.25) is 4.79 Å². The smallest absolute Gasteiger partial charge is 0.224 e. The lowest BCUT2D eigenvalue weighted by Gasteiger charge is -2.27. The minimum atomic E-state index is 0.265. The van der Waals surface area contributed by atoms with Gasteiger partial charge in [-0.1, -0.05) is 0 Å². The van der Waals surface area contributed by atoms with E-state index in [2.05, 4.69) is 5.32 Å². The number of morpholine rings is 1. The van der Waals surface area contributed by atoms with Gasteiger partial charge in [-0.2, -0.15) is 11.8 Å². The van der Waals surface area contributed by atoms with Gasteiger partial charge in [0.15, 0.2) is 0 Å². The maximum Gasteiger partial charge on any atom is 0.224 e. The topological polar surface area (TPSA) is 41.6 Å². The number of hydrogen-bond acceptors (Lipinski definition) is 4. The van der Waals surface area contributed by atoms with Crippen molar-refractivity contribution in [3.8, 4) is 0 Å². The second-order valence-electron chi connectivity index (χ2n) is 4.68. The molecule has 0 saturated carbocycles. The summed E-state index contributed by atoms with van der Waals surface area (Å²) in [4.78, 5) is 13.7. The largest absolute Gasteiger partial charge is 0.378 e. The molecular formula is C12H22N2O2S. The number of carbonyl (C=O) groups is 1. The fraction of sp³-hybridized carbons (Fsp3) is 0.917. The van der Waals surface area contributed by atoms with Gasteiger partial charge in [0.05, 0.1) is 13.2 Å². The van der Waals surface area contributed by atoms with Crippen LogP contribution in [0.25, 0.3) is 0 Å². The number of nitrogens with zero attached hydrogens (tertiary/aromatic N) is 1. The fourth-order valence-electron chi connectivity index (χ4n) is 2.22. The van der Waals surface area contributed by atoms with Crippen molar-refractivity contribution in [1.82, 2.24) is 10.2 Å². The quantitative estimate of drug-likeness (QED) is 0.732. The van der Waals surface area contributed by atoms with Crippen LogP contribution in [0.3, 0.4) is 0 Å². The number of ether oxygens (including phenoxy) is 1. The maximum atomic E-state index is 11.8. The molecule has 0 aliphatic carbocycles. The molecule has 1 N–H and O–H groups in total. The average molecular weight is 258 g/mol. The summed E-state index contributed by atoms with van der Waals surface area (Å²) in [6.07, 6.45) is 1.95. The number of rotatable bonds is 5. The molecule has 2 aliphatic heterocycles. The third-order valence-corrected chi connectivity index (χ3v) is 4.57. The highest BCUT2D eigenvalue weighted by Gasteiger charge is 2.17. The molecule has 0 spiro atoms. The first-order chi connectivity index (χ1) is 8.36. The normalized spacial score (nSPS) is 25.2. The van der Waals surface area contributed by atoms with Gasteiger partial charge in [0, 0.05) is 26.1 Å². The molecule has 1 atom stereocenters. The van der Waals surface area contributed by atoms with Crippen molar-refractivity contribution in [3.63, 3.8) is 0 Å². The van der Waals surface area contributed by atoms with E-state index in [1.165, 1.54) is 17.9 Å². The second-order valence-corrected chi connectivity index (χ2v) is 5.83. The lowest BCUT2D eigenvalue weighted by Crippen LogP contribution is -2.41. The first kappa shape index (κ1) is 13.2. The second kappa shape index (κ2) is 7.24. The van der Waals surface area contributed by atoms with Crippen LogP contribution in [0, 0.1) is 5.92 Å². The molecule has 98 valence electrons. The van der Waals surface area contributed by atoms with Crippen LogP contribution in [0.2, 0.25) is 0 Å². The third-order valence-electron chi connectivity index (χ3n) is 3.34. The van der Waals surface area contributed by atoms with Crippen LogP contribution in [-0.2, 0) is 9.53 Å². The Morgan fingerprint density at radius 1 is 1.41 bits per heavy atom. The SMILES string of the molecule is O=C(CCNCC1CCSC1)N1CCOCC1. The van der Waals surface area contributed by atoms with Crippen LogP contribution < -0.4 is 5.32 Å². The Morgan fingerprint density at radius 2 is 2.24 bits per heavy atom. The van der Waals surface area contributed by atoms with E-state index in [-0.39, 0.29) is 5.91 Å². The van der Waals surface area contributed by atoms with Crippen LogP contribution in [0.5, 0.6) is 0 Å². The van der Waals surface area contributed by atoms with Gasteiger partial charge in [-0.15, -0.1) is 0 Å². The number of nitrogens with one attached hydrogen (secondary N) is 1. The summed E-state index contributed by atoms with van der Waals surface area (Å²) in [5.41, 5.74) is 0. The van der Waals surface area contributed by atoms with E-state index in [1.807, 2.05) is 16.7 Å². The van der Waals surface area contributed by atoms with Gasteiger partial charge in [0.25, 0.3) is 0 Å². The predicted molar refractivity (Wildman–Crippen MR) is 70.3 cm³/mol. The summed E-state index contributed by atoms with van der Waals surface area (Å²) in [5.74, 6) is 3.67. The Bertz CT molecular complexity index is 239. The van der Waals surface area contributed by atoms with Gasteiger partial charge in [-0.05, 0) is 30.4 Å². The lowest BCUT2D eigenvalue weighted by atomic mass is 10.1. The standard InChI is InChI=1S/C12H22N2O2S/c15-12(14-4-6-16-7-5-14)1-3-13-9-11-2-8-17-10-11/h11,13H,1-10H2. The zero-order chi connectivity index (χ0) is 11.9. The van der Waals surface area contributed by atoms with Crippen molar-refractivity contribution in [1.29, 1.82) is 0 Å². The van der Waals surface area contributed by atoms with Gasteiger partial charge in [0.2, 0.25) is 5.91 Å². The molecule has 1 unspecified atom stereocenters. The van der Waals surface area contributed by atoms with E-state index in [0.29, 0.717) is 19.6 Å². The molecule has 0 bridgehead atoms. The van der Waals surface area contributed by atoms with E-state index in [9.17, 15) is 4.79 Å². The zero-order valence-electron chi connectivity index (χ0n) is 10.3. The molecule has 2 saturated heterocycles. The Labute approximate surface area is 107 Å². The van der Waals surface area contributed by atoms with Crippen LogP contribution in [0.4, 0.5) is 0 Å². The van der Waals surface area contributed by atoms with Crippen molar-refractivity contribution in [2.45, 2.75) is 12.8 Å². The molecule has 4 nitrogen and oxygen atoms in total. The van der Waals surface area contributed by atoms with E-state index in [0.717, 1.165) is 32.1 Å². The predicted octanol–water partition coefficient (Wildman–Crippen LogP) is 0.578. The molecule has 17 heavy (non-hydrogen) atoms. The van der Waals surface area contributed by atoms with E-state index in [4.69, 9.17) is 4.74 Å². The third kappa shape index (κ3) is 4.48. The molecule has 2 aliphatic rings. The molecule has 0 aromatic heterocycles. The molecule has 1 amide bonds. The van der Waals surface area contributed by atoms with Crippen LogP contribution in [0.15, 0.2) is 0 Å².